The Hall–Kier alpha value is -0.370. The predicted octanol–water partition coefficient (Wildman–Crippen LogP) is 3.36. The zero-order valence-electron chi connectivity index (χ0n) is 8.47. The molecule has 0 bridgehead atoms. The molecule has 1 aromatic rings. The van der Waals surface area contributed by atoms with E-state index in [1.54, 1.807) is 4.88 Å². The summed E-state index contributed by atoms with van der Waals surface area (Å²) in [5, 5.41) is 1.25. The van der Waals surface area contributed by atoms with Crippen LogP contribution in [-0.2, 0) is 12.8 Å². The standard InChI is InChI=1S/C11H17NS/c1-3-4-9-5-6-10-11(7-9)13-8(2)12-10/h9H,3-7H2,1-2H3. The summed E-state index contributed by atoms with van der Waals surface area (Å²) < 4.78 is 0. The largest absolute Gasteiger partial charge is 0.246 e. The van der Waals surface area contributed by atoms with Crippen LogP contribution in [-0.4, -0.2) is 4.98 Å². The van der Waals surface area contributed by atoms with E-state index in [2.05, 4.69) is 18.8 Å². The summed E-state index contributed by atoms with van der Waals surface area (Å²) in [7, 11) is 0. The second-order valence-electron chi connectivity index (χ2n) is 4.00. The maximum absolute atomic E-state index is 4.56. The summed E-state index contributed by atoms with van der Waals surface area (Å²) in [5.41, 5.74) is 1.40. The number of hydrogen-bond acceptors (Lipinski definition) is 2. The summed E-state index contributed by atoms with van der Waals surface area (Å²) in [5.74, 6) is 0.942. The van der Waals surface area contributed by atoms with Gasteiger partial charge in [-0.15, -0.1) is 11.3 Å². The van der Waals surface area contributed by atoms with E-state index < -0.39 is 0 Å². The molecule has 0 radical (unpaired) electrons. The minimum Gasteiger partial charge on any atom is -0.246 e. The van der Waals surface area contributed by atoms with E-state index >= 15 is 0 Å². The van der Waals surface area contributed by atoms with Crippen LogP contribution in [0.5, 0.6) is 0 Å². The summed E-state index contributed by atoms with van der Waals surface area (Å²) >= 11 is 1.91. The Bertz CT molecular complexity index is 290. The van der Waals surface area contributed by atoms with Gasteiger partial charge in [0.15, 0.2) is 0 Å². The topological polar surface area (TPSA) is 12.9 Å². The molecule has 2 rings (SSSR count). The van der Waals surface area contributed by atoms with Crippen LogP contribution < -0.4 is 0 Å². The molecule has 0 aromatic carbocycles. The van der Waals surface area contributed by atoms with Crippen molar-refractivity contribution in [3.05, 3.63) is 15.6 Å². The normalized spacial score (nSPS) is 21.5. The Labute approximate surface area is 84.2 Å². The maximum Gasteiger partial charge on any atom is 0.0900 e. The van der Waals surface area contributed by atoms with E-state index in [4.69, 9.17) is 0 Å². The van der Waals surface area contributed by atoms with E-state index in [1.807, 2.05) is 11.3 Å². The van der Waals surface area contributed by atoms with Crippen LogP contribution in [0.2, 0.25) is 0 Å². The molecule has 0 fully saturated rings. The number of rotatable bonds is 2. The molecule has 0 aliphatic heterocycles. The van der Waals surface area contributed by atoms with Crippen molar-refractivity contribution in [3.63, 3.8) is 0 Å². The molecular formula is C11H17NS. The highest BCUT2D eigenvalue weighted by atomic mass is 32.1. The van der Waals surface area contributed by atoms with Gasteiger partial charge in [0.05, 0.1) is 10.7 Å². The van der Waals surface area contributed by atoms with Crippen molar-refractivity contribution in [3.8, 4) is 0 Å². The first-order valence-electron chi connectivity index (χ1n) is 5.24. The second-order valence-corrected chi connectivity index (χ2v) is 5.29. The molecule has 2 heteroatoms. The molecular weight excluding hydrogens is 178 g/mol. The maximum atomic E-state index is 4.56. The molecule has 0 saturated heterocycles. The van der Waals surface area contributed by atoms with Gasteiger partial charge >= 0.3 is 0 Å². The van der Waals surface area contributed by atoms with Crippen LogP contribution in [0.3, 0.4) is 0 Å². The first-order chi connectivity index (χ1) is 6.29. The Morgan fingerprint density at radius 2 is 2.38 bits per heavy atom. The Balaban J connectivity index is 2.10. The highest BCUT2D eigenvalue weighted by Crippen LogP contribution is 2.31. The molecule has 1 aliphatic carbocycles. The van der Waals surface area contributed by atoms with Crippen molar-refractivity contribution < 1.29 is 0 Å². The van der Waals surface area contributed by atoms with Gasteiger partial charge in [-0.25, -0.2) is 4.98 Å². The van der Waals surface area contributed by atoms with Gasteiger partial charge in [-0.1, -0.05) is 19.8 Å². The van der Waals surface area contributed by atoms with Gasteiger partial charge in [0.2, 0.25) is 0 Å². The number of aromatic nitrogens is 1. The lowest BCUT2D eigenvalue weighted by atomic mass is 9.88. The minimum absolute atomic E-state index is 0.942. The van der Waals surface area contributed by atoms with Crippen LogP contribution in [0, 0.1) is 12.8 Å². The molecule has 1 heterocycles. The average molecular weight is 195 g/mol. The zero-order chi connectivity index (χ0) is 9.26. The fourth-order valence-electron chi connectivity index (χ4n) is 2.23. The van der Waals surface area contributed by atoms with E-state index in [9.17, 15) is 0 Å². The lowest BCUT2D eigenvalue weighted by Gasteiger charge is -2.20. The quantitative estimate of drug-likeness (QED) is 0.705. The molecule has 1 atom stereocenters. The van der Waals surface area contributed by atoms with Crippen molar-refractivity contribution in [2.45, 2.75) is 46.0 Å². The highest BCUT2D eigenvalue weighted by molar-refractivity contribution is 7.11. The van der Waals surface area contributed by atoms with Gasteiger partial charge in [-0.3, -0.25) is 0 Å². The van der Waals surface area contributed by atoms with Gasteiger partial charge < -0.3 is 0 Å². The number of nitrogens with zero attached hydrogens (tertiary/aromatic N) is 1. The third-order valence-corrected chi connectivity index (χ3v) is 3.88. The lowest BCUT2D eigenvalue weighted by Crippen LogP contribution is -2.12. The van der Waals surface area contributed by atoms with Crippen molar-refractivity contribution in [2.75, 3.05) is 0 Å². The summed E-state index contributed by atoms with van der Waals surface area (Å²) in [6.07, 6.45) is 6.62. The summed E-state index contributed by atoms with van der Waals surface area (Å²) in [6, 6.07) is 0. The number of thiazole rings is 1. The van der Waals surface area contributed by atoms with Gasteiger partial charge in [0.1, 0.15) is 0 Å². The monoisotopic (exact) mass is 195 g/mol. The fraction of sp³-hybridized carbons (Fsp3) is 0.727. The molecule has 72 valence electrons. The van der Waals surface area contributed by atoms with Crippen LogP contribution in [0.15, 0.2) is 0 Å². The van der Waals surface area contributed by atoms with Crippen LogP contribution in [0.4, 0.5) is 0 Å². The predicted molar refractivity (Wildman–Crippen MR) is 57.3 cm³/mol. The van der Waals surface area contributed by atoms with Gasteiger partial charge in [0, 0.05) is 4.88 Å². The van der Waals surface area contributed by atoms with Gasteiger partial charge in [0.25, 0.3) is 0 Å². The number of hydrogen-bond donors (Lipinski definition) is 0. The second kappa shape index (κ2) is 3.79. The molecule has 0 saturated carbocycles. The third-order valence-electron chi connectivity index (χ3n) is 2.85. The molecule has 1 aliphatic rings. The van der Waals surface area contributed by atoms with Crippen molar-refractivity contribution in [1.29, 1.82) is 0 Å². The molecule has 13 heavy (non-hydrogen) atoms. The molecule has 0 amide bonds. The Morgan fingerprint density at radius 3 is 3.15 bits per heavy atom. The van der Waals surface area contributed by atoms with Crippen molar-refractivity contribution in [2.24, 2.45) is 5.92 Å². The third kappa shape index (κ3) is 1.93. The smallest absolute Gasteiger partial charge is 0.0900 e. The summed E-state index contributed by atoms with van der Waals surface area (Å²) in [4.78, 5) is 6.14. The van der Waals surface area contributed by atoms with E-state index in [0.717, 1.165) is 5.92 Å². The van der Waals surface area contributed by atoms with Crippen molar-refractivity contribution in [1.82, 2.24) is 4.98 Å². The van der Waals surface area contributed by atoms with E-state index in [0.29, 0.717) is 0 Å². The number of aryl methyl sites for hydroxylation is 2. The fourth-order valence-corrected chi connectivity index (χ4v) is 3.32. The lowest BCUT2D eigenvalue weighted by molar-refractivity contribution is 0.423. The molecule has 0 N–H and O–H groups in total. The van der Waals surface area contributed by atoms with Gasteiger partial charge in [-0.2, -0.15) is 0 Å². The van der Waals surface area contributed by atoms with E-state index in [-0.39, 0.29) is 0 Å². The van der Waals surface area contributed by atoms with E-state index in [1.165, 1.54) is 42.8 Å². The highest BCUT2D eigenvalue weighted by Gasteiger charge is 2.20. The molecule has 1 nitrogen and oxygen atoms in total. The summed E-state index contributed by atoms with van der Waals surface area (Å²) in [6.45, 7) is 4.41. The Morgan fingerprint density at radius 1 is 1.54 bits per heavy atom. The molecule has 0 spiro atoms. The first kappa shape index (κ1) is 9.20. The van der Waals surface area contributed by atoms with Crippen LogP contribution in [0.1, 0.15) is 41.8 Å². The molecule has 1 unspecified atom stereocenters. The van der Waals surface area contributed by atoms with Crippen LogP contribution >= 0.6 is 11.3 Å². The minimum atomic E-state index is 0.942. The average Bonchev–Trinajstić information content (AvgIpc) is 2.44. The Kier molecular flexibility index (Phi) is 2.68. The molecule has 1 aromatic heterocycles. The first-order valence-corrected chi connectivity index (χ1v) is 6.06. The van der Waals surface area contributed by atoms with Gasteiger partial charge in [-0.05, 0) is 32.1 Å². The number of fused-ring (bicyclic) bond motifs is 1. The zero-order valence-corrected chi connectivity index (χ0v) is 9.28. The SMILES string of the molecule is CCCC1CCc2nc(C)sc2C1. The van der Waals surface area contributed by atoms with Crippen molar-refractivity contribution >= 4 is 11.3 Å². The van der Waals surface area contributed by atoms with Crippen LogP contribution in [0.25, 0.3) is 0 Å².